The number of hydrogen-bond acceptors (Lipinski definition) is 3. The molecule has 1 N–H and O–H groups in total. The van der Waals surface area contributed by atoms with Crippen molar-refractivity contribution in [2.24, 2.45) is 5.92 Å². The van der Waals surface area contributed by atoms with Crippen LogP contribution in [-0.2, 0) is 11.2 Å². The van der Waals surface area contributed by atoms with E-state index in [1.807, 2.05) is 11.3 Å². The van der Waals surface area contributed by atoms with Gasteiger partial charge in [-0.05, 0) is 47.4 Å². The molecule has 1 saturated heterocycles. The lowest BCUT2D eigenvalue weighted by Crippen LogP contribution is -2.43. The van der Waals surface area contributed by atoms with Gasteiger partial charge in [0.25, 0.3) is 0 Å². The van der Waals surface area contributed by atoms with E-state index in [4.69, 9.17) is 4.74 Å². The first kappa shape index (κ1) is 12.6. The van der Waals surface area contributed by atoms with Crippen molar-refractivity contribution in [1.82, 2.24) is 5.32 Å². The quantitative estimate of drug-likeness (QED) is 0.923. The molecule has 0 saturated carbocycles. The third kappa shape index (κ3) is 3.29. The van der Waals surface area contributed by atoms with E-state index < -0.39 is 0 Å². The van der Waals surface area contributed by atoms with Crippen LogP contribution >= 0.6 is 27.3 Å². The summed E-state index contributed by atoms with van der Waals surface area (Å²) < 4.78 is 6.81. The molecule has 0 amide bonds. The topological polar surface area (TPSA) is 21.3 Å². The van der Waals surface area contributed by atoms with Crippen LogP contribution in [0.3, 0.4) is 0 Å². The second kappa shape index (κ2) is 6.15. The van der Waals surface area contributed by atoms with E-state index in [0.717, 1.165) is 32.6 Å². The summed E-state index contributed by atoms with van der Waals surface area (Å²) in [7, 11) is 0. The number of hydrogen-bond donors (Lipinski definition) is 1. The Morgan fingerprint density at radius 1 is 1.56 bits per heavy atom. The van der Waals surface area contributed by atoms with Gasteiger partial charge in [0.2, 0.25) is 0 Å². The molecule has 2 atom stereocenters. The molecule has 0 radical (unpaired) electrons. The van der Waals surface area contributed by atoms with Gasteiger partial charge in [-0.3, -0.25) is 0 Å². The fraction of sp³-hybridized carbons (Fsp3) is 0.667. The van der Waals surface area contributed by atoms with Gasteiger partial charge in [0.15, 0.2) is 0 Å². The van der Waals surface area contributed by atoms with Crippen LogP contribution in [0.25, 0.3) is 0 Å². The van der Waals surface area contributed by atoms with Crippen LogP contribution in [0.4, 0.5) is 0 Å². The molecular formula is C12H18BrNOS. The first-order chi connectivity index (χ1) is 7.79. The van der Waals surface area contributed by atoms with Crippen molar-refractivity contribution in [1.29, 1.82) is 0 Å². The predicted octanol–water partition coefficient (Wildman–Crippen LogP) is 3.07. The molecule has 0 bridgehead atoms. The lowest BCUT2D eigenvalue weighted by atomic mass is 9.92. The predicted molar refractivity (Wildman–Crippen MR) is 72.1 cm³/mol. The van der Waals surface area contributed by atoms with Crippen LogP contribution in [0.15, 0.2) is 15.9 Å². The van der Waals surface area contributed by atoms with Gasteiger partial charge in [0, 0.05) is 23.4 Å². The number of halogens is 1. The second-order valence-electron chi connectivity index (χ2n) is 4.20. The van der Waals surface area contributed by atoms with E-state index in [1.54, 1.807) is 0 Å². The Morgan fingerprint density at radius 3 is 3.12 bits per heavy atom. The van der Waals surface area contributed by atoms with Gasteiger partial charge in [-0.2, -0.15) is 0 Å². The molecule has 16 heavy (non-hydrogen) atoms. The second-order valence-corrected chi connectivity index (χ2v) is 6.75. The fourth-order valence-electron chi connectivity index (χ4n) is 2.25. The van der Waals surface area contributed by atoms with E-state index >= 15 is 0 Å². The van der Waals surface area contributed by atoms with E-state index in [2.05, 4.69) is 40.3 Å². The Morgan fingerprint density at radius 2 is 2.44 bits per heavy atom. The molecule has 0 aromatic carbocycles. The summed E-state index contributed by atoms with van der Waals surface area (Å²) >= 11 is 5.35. The zero-order valence-electron chi connectivity index (χ0n) is 9.54. The minimum atomic E-state index is 0.624. The van der Waals surface area contributed by atoms with Crippen molar-refractivity contribution in [2.75, 3.05) is 19.8 Å². The summed E-state index contributed by atoms with van der Waals surface area (Å²) in [6.07, 6.45) is 2.28. The average molecular weight is 304 g/mol. The molecule has 1 fully saturated rings. The Kier molecular flexibility index (Phi) is 4.82. The number of thiophene rings is 1. The van der Waals surface area contributed by atoms with Crippen molar-refractivity contribution < 1.29 is 4.74 Å². The maximum absolute atomic E-state index is 5.59. The van der Waals surface area contributed by atoms with Gasteiger partial charge in [-0.1, -0.05) is 6.92 Å². The van der Waals surface area contributed by atoms with E-state index in [-0.39, 0.29) is 0 Å². The Hall–Kier alpha value is 0.1000. The fourth-order valence-corrected chi connectivity index (χ4v) is 3.82. The maximum atomic E-state index is 5.59. The Bertz CT molecular complexity index is 327. The molecule has 90 valence electrons. The van der Waals surface area contributed by atoms with Crippen molar-refractivity contribution in [2.45, 2.75) is 25.8 Å². The SMILES string of the molecule is CCNC1CCOCC1Cc1ccc(Br)s1. The average Bonchev–Trinajstić information content (AvgIpc) is 2.67. The highest BCUT2D eigenvalue weighted by molar-refractivity contribution is 9.11. The van der Waals surface area contributed by atoms with Gasteiger partial charge in [-0.15, -0.1) is 11.3 Å². The van der Waals surface area contributed by atoms with E-state index in [1.165, 1.54) is 8.66 Å². The van der Waals surface area contributed by atoms with E-state index in [0.29, 0.717) is 12.0 Å². The molecule has 2 heterocycles. The van der Waals surface area contributed by atoms with Crippen molar-refractivity contribution in [3.8, 4) is 0 Å². The highest BCUT2D eigenvalue weighted by Crippen LogP contribution is 2.27. The van der Waals surface area contributed by atoms with E-state index in [9.17, 15) is 0 Å². The largest absolute Gasteiger partial charge is 0.381 e. The third-order valence-electron chi connectivity index (χ3n) is 3.03. The first-order valence-corrected chi connectivity index (χ1v) is 7.46. The molecule has 4 heteroatoms. The van der Waals surface area contributed by atoms with Gasteiger partial charge < -0.3 is 10.1 Å². The first-order valence-electron chi connectivity index (χ1n) is 5.85. The summed E-state index contributed by atoms with van der Waals surface area (Å²) in [5.74, 6) is 0.624. The Balaban J connectivity index is 1.95. The number of ether oxygens (including phenoxy) is 1. The molecule has 2 unspecified atom stereocenters. The zero-order chi connectivity index (χ0) is 11.4. The summed E-state index contributed by atoms with van der Waals surface area (Å²) in [6, 6.07) is 4.97. The molecular weight excluding hydrogens is 286 g/mol. The third-order valence-corrected chi connectivity index (χ3v) is 4.68. The monoisotopic (exact) mass is 303 g/mol. The highest BCUT2D eigenvalue weighted by Gasteiger charge is 2.25. The molecule has 1 aromatic rings. The normalized spacial score (nSPS) is 25.9. The smallest absolute Gasteiger partial charge is 0.0701 e. The highest BCUT2D eigenvalue weighted by atomic mass is 79.9. The van der Waals surface area contributed by atoms with Gasteiger partial charge in [0.05, 0.1) is 10.4 Å². The van der Waals surface area contributed by atoms with Crippen LogP contribution < -0.4 is 5.32 Å². The molecule has 2 nitrogen and oxygen atoms in total. The van der Waals surface area contributed by atoms with Crippen LogP contribution in [0.2, 0.25) is 0 Å². The summed E-state index contributed by atoms with van der Waals surface area (Å²) in [6.45, 7) is 5.03. The summed E-state index contributed by atoms with van der Waals surface area (Å²) in [4.78, 5) is 1.45. The lowest BCUT2D eigenvalue weighted by Gasteiger charge is -2.31. The van der Waals surface area contributed by atoms with Crippen molar-refractivity contribution >= 4 is 27.3 Å². The standard InChI is InChI=1S/C12H18BrNOS/c1-2-14-11-5-6-15-8-9(11)7-10-3-4-12(13)16-10/h3-4,9,11,14H,2,5-8H2,1H3. The molecule has 1 aromatic heterocycles. The molecule has 2 rings (SSSR count). The van der Waals surface area contributed by atoms with Crippen LogP contribution in [0.1, 0.15) is 18.2 Å². The summed E-state index contributed by atoms with van der Waals surface area (Å²) in [5, 5.41) is 3.57. The van der Waals surface area contributed by atoms with Gasteiger partial charge >= 0.3 is 0 Å². The maximum Gasteiger partial charge on any atom is 0.0701 e. The Labute approximate surface area is 110 Å². The molecule has 1 aliphatic rings. The molecule has 1 aliphatic heterocycles. The van der Waals surface area contributed by atoms with Gasteiger partial charge in [-0.25, -0.2) is 0 Å². The minimum Gasteiger partial charge on any atom is -0.381 e. The number of rotatable bonds is 4. The van der Waals surface area contributed by atoms with Crippen LogP contribution in [-0.4, -0.2) is 25.8 Å². The molecule has 0 aliphatic carbocycles. The molecule has 0 spiro atoms. The van der Waals surface area contributed by atoms with Crippen molar-refractivity contribution in [3.05, 3.63) is 20.8 Å². The summed E-state index contributed by atoms with van der Waals surface area (Å²) in [5.41, 5.74) is 0. The van der Waals surface area contributed by atoms with Crippen molar-refractivity contribution in [3.63, 3.8) is 0 Å². The zero-order valence-corrected chi connectivity index (χ0v) is 11.9. The minimum absolute atomic E-state index is 0.624. The van der Waals surface area contributed by atoms with Gasteiger partial charge in [0.1, 0.15) is 0 Å². The van der Waals surface area contributed by atoms with Crippen LogP contribution in [0.5, 0.6) is 0 Å². The lowest BCUT2D eigenvalue weighted by molar-refractivity contribution is 0.0329. The van der Waals surface area contributed by atoms with Crippen LogP contribution in [0, 0.1) is 5.92 Å². The number of nitrogens with one attached hydrogen (secondary N) is 1.